The van der Waals surface area contributed by atoms with E-state index in [9.17, 15) is 4.79 Å². The highest BCUT2D eigenvalue weighted by atomic mass is 16.1. The topological polar surface area (TPSA) is 43.2 Å². The van der Waals surface area contributed by atoms with Gasteiger partial charge < -0.3 is 19.5 Å². The van der Waals surface area contributed by atoms with E-state index in [0.717, 1.165) is 44.2 Å². The number of carbonyl (C=O) groups excluding carboxylic acids is 1. The van der Waals surface area contributed by atoms with E-state index in [0.29, 0.717) is 12.1 Å². The van der Waals surface area contributed by atoms with Crippen LogP contribution in [0.2, 0.25) is 0 Å². The molecule has 146 valence electrons. The van der Waals surface area contributed by atoms with Crippen molar-refractivity contribution >= 4 is 17.2 Å². The molecule has 2 aromatic heterocycles. The van der Waals surface area contributed by atoms with Crippen LogP contribution in [0.3, 0.4) is 0 Å². The minimum absolute atomic E-state index is 0.00680. The third kappa shape index (κ3) is 4.45. The van der Waals surface area contributed by atoms with Crippen LogP contribution >= 0.6 is 0 Å². The number of amides is 1. The van der Waals surface area contributed by atoms with E-state index < -0.39 is 0 Å². The zero-order valence-corrected chi connectivity index (χ0v) is 16.5. The highest BCUT2D eigenvalue weighted by molar-refractivity contribution is 5.94. The van der Waals surface area contributed by atoms with E-state index in [-0.39, 0.29) is 5.91 Å². The van der Waals surface area contributed by atoms with Crippen LogP contribution in [0.1, 0.15) is 23.2 Å². The lowest BCUT2D eigenvalue weighted by atomic mass is 10.2. The Kier molecular flexibility index (Phi) is 5.36. The first kappa shape index (κ1) is 18.3. The number of piperazine rings is 1. The van der Waals surface area contributed by atoms with Gasteiger partial charge in [0.2, 0.25) is 0 Å². The molecule has 2 aromatic rings. The van der Waals surface area contributed by atoms with Gasteiger partial charge in [-0.25, -0.2) is 0 Å². The molecule has 0 unspecified atom stereocenters. The molecule has 1 amide bonds. The molecule has 0 bridgehead atoms. The molecular formula is C21H31N5O. The Morgan fingerprint density at radius 3 is 2.56 bits per heavy atom. The first-order valence-electron chi connectivity index (χ1n) is 10.1. The first-order valence-corrected chi connectivity index (χ1v) is 10.1. The smallest absolute Gasteiger partial charge is 0.252 e. The van der Waals surface area contributed by atoms with Gasteiger partial charge in [0.15, 0.2) is 0 Å². The van der Waals surface area contributed by atoms with E-state index in [1.807, 2.05) is 32.4 Å². The molecule has 0 atom stereocenters. The van der Waals surface area contributed by atoms with Crippen LogP contribution in [0.5, 0.6) is 0 Å². The van der Waals surface area contributed by atoms with Crippen LogP contribution in [0.4, 0.5) is 5.82 Å². The first-order chi connectivity index (χ1) is 13.1. The maximum Gasteiger partial charge on any atom is 0.252 e. The summed E-state index contributed by atoms with van der Waals surface area (Å²) >= 11 is 0. The summed E-state index contributed by atoms with van der Waals surface area (Å²) in [5.41, 5.74) is 1.85. The predicted molar refractivity (Wildman–Crippen MR) is 110 cm³/mol. The van der Waals surface area contributed by atoms with Gasteiger partial charge in [0.05, 0.1) is 5.56 Å². The Labute approximate surface area is 161 Å². The molecule has 1 saturated heterocycles. The van der Waals surface area contributed by atoms with Crippen molar-refractivity contribution < 1.29 is 4.79 Å². The second-order valence-electron chi connectivity index (χ2n) is 8.19. The summed E-state index contributed by atoms with van der Waals surface area (Å²) in [5, 5.41) is 3.00. The number of aromatic nitrogens is 1. The molecule has 4 rings (SSSR count). The van der Waals surface area contributed by atoms with Crippen LogP contribution in [-0.4, -0.2) is 80.0 Å². The molecule has 0 radical (unpaired) electrons. The van der Waals surface area contributed by atoms with Gasteiger partial charge in [0, 0.05) is 57.5 Å². The lowest BCUT2D eigenvalue weighted by Crippen LogP contribution is -2.47. The predicted octanol–water partition coefficient (Wildman–Crippen LogP) is 1.76. The second-order valence-corrected chi connectivity index (χ2v) is 8.19. The molecule has 0 aromatic carbocycles. The van der Waals surface area contributed by atoms with Crippen LogP contribution < -0.4 is 10.2 Å². The summed E-state index contributed by atoms with van der Waals surface area (Å²) in [6.07, 6.45) is 4.82. The lowest BCUT2D eigenvalue weighted by molar-refractivity contribution is 0.0950. The number of anilines is 1. The Hall–Kier alpha value is -2.05. The van der Waals surface area contributed by atoms with Gasteiger partial charge in [-0.1, -0.05) is 0 Å². The monoisotopic (exact) mass is 369 g/mol. The molecule has 2 aliphatic rings. The maximum atomic E-state index is 12.5. The molecule has 27 heavy (non-hydrogen) atoms. The van der Waals surface area contributed by atoms with Gasteiger partial charge in [-0.3, -0.25) is 9.69 Å². The largest absolute Gasteiger partial charge is 0.355 e. The van der Waals surface area contributed by atoms with Gasteiger partial charge >= 0.3 is 0 Å². The highest BCUT2D eigenvalue weighted by Crippen LogP contribution is 2.30. The molecule has 1 aliphatic heterocycles. The number of carbonyl (C=O) groups is 1. The van der Waals surface area contributed by atoms with Gasteiger partial charge in [0.25, 0.3) is 5.91 Å². The van der Waals surface area contributed by atoms with Crippen molar-refractivity contribution in [3.63, 3.8) is 0 Å². The zero-order chi connectivity index (χ0) is 18.8. The number of rotatable bonds is 7. The number of hydrogen-bond acceptors (Lipinski definition) is 4. The fraction of sp³-hybridized carbons (Fsp3) is 0.571. The summed E-state index contributed by atoms with van der Waals surface area (Å²) in [7, 11) is 4.02. The van der Waals surface area contributed by atoms with Gasteiger partial charge in [-0.2, -0.15) is 0 Å². The fourth-order valence-corrected chi connectivity index (χ4v) is 3.80. The van der Waals surface area contributed by atoms with Crippen LogP contribution in [0.15, 0.2) is 30.5 Å². The highest BCUT2D eigenvalue weighted by Gasteiger charge is 2.27. The number of hydrogen-bond donors (Lipinski definition) is 1. The van der Waals surface area contributed by atoms with E-state index in [2.05, 4.69) is 36.5 Å². The summed E-state index contributed by atoms with van der Waals surface area (Å²) in [4.78, 5) is 19.6. The molecular weight excluding hydrogens is 338 g/mol. The Balaban J connectivity index is 1.43. The summed E-state index contributed by atoms with van der Waals surface area (Å²) in [5.74, 6) is 2.14. The van der Waals surface area contributed by atoms with Crippen molar-refractivity contribution in [1.82, 2.24) is 19.5 Å². The van der Waals surface area contributed by atoms with Crippen LogP contribution in [-0.2, 0) is 0 Å². The number of likely N-dealkylation sites (N-methyl/N-ethyl adjacent to an activating group) is 1. The van der Waals surface area contributed by atoms with Crippen molar-refractivity contribution in [2.75, 3.05) is 64.8 Å². The number of nitrogens with one attached hydrogen (secondary N) is 1. The van der Waals surface area contributed by atoms with Crippen LogP contribution in [0, 0.1) is 5.92 Å². The number of pyridine rings is 1. The van der Waals surface area contributed by atoms with E-state index >= 15 is 0 Å². The molecule has 2 fully saturated rings. The van der Waals surface area contributed by atoms with Crippen molar-refractivity contribution in [2.45, 2.75) is 12.8 Å². The normalized spacial score (nSPS) is 18.4. The lowest BCUT2D eigenvalue weighted by Gasteiger charge is -2.35. The summed E-state index contributed by atoms with van der Waals surface area (Å²) in [6, 6.07) is 8.27. The third-order valence-electron chi connectivity index (χ3n) is 5.65. The Morgan fingerprint density at radius 2 is 1.85 bits per heavy atom. The Bertz CT molecular complexity index is 787. The van der Waals surface area contributed by atoms with Gasteiger partial charge in [-0.05, 0) is 57.1 Å². The third-order valence-corrected chi connectivity index (χ3v) is 5.65. The molecule has 6 nitrogen and oxygen atoms in total. The van der Waals surface area contributed by atoms with Crippen molar-refractivity contribution in [3.05, 3.63) is 36.0 Å². The molecule has 3 heterocycles. The molecule has 6 heteroatoms. The Morgan fingerprint density at radius 1 is 1.11 bits per heavy atom. The van der Waals surface area contributed by atoms with Crippen molar-refractivity contribution in [1.29, 1.82) is 0 Å². The molecule has 1 saturated carbocycles. The molecule has 0 spiro atoms. The van der Waals surface area contributed by atoms with Crippen LogP contribution in [0.25, 0.3) is 5.52 Å². The minimum Gasteiger partial charge on any atom is -0.355 e. The average Bonchev–Trinajstić information content (AvgIpc) is 3.37. The summed E-state index contributed by atoms with van der Waals surface area (Å²) < 4.78 is 2.16. The average molecular weight is 370 g/mol. The fourth-order valence-electron chi connectivity index (χ4n) is 3.80. The SMILES string of the molecule is CN(C)CCNC(=O)c1ccc2ccc(N3CCN(CC4CC4)CC3)n2c1. The quantitative estimate of drug-likeness (QED) is 0.808. The van der Waals surface area contributed by atoms with Gasteiger partial charge in [0.1, 0.15) is 5.82 Å². The minimum atomic E-state index is -0.00680. The second kappa shape index (κ2) is 7.90. The van der Waals surface area contributed by atoms with Crippen molar-refractivity contribution in [2.24, 2.45) is 5.92 Å². The standard InChI is InChI=1S/C21H31N5O/c1-23(2)10-9-22-21(27)18-5-6-19-7-8-20(26(19)16-18)25-13-11-24(12-14-25)15-17-3-4-17/h5-8,16-17H,3-4,9-15H2,1-2H3,(H,22,27). The molecule has 1 N–H and O–H groups in total. The summed E-state index contributed by atoms with van der Waals surface area (Å²) in [6.45, 7) is 7.15. The zero-order valence-electron chi connectivity index (χ0n) is 16.5. The molecule has 1 aliphatic carbocycles. The van der Waals surface area contributed by atoms with E-state index in [4.69, 9.17) is 0 Å². The van der Waals surface area contributed by atoms with Crippen molar-refractivity contribution in [3.8, 4) is 0 Å². The van der Waals surface area contributed by atoms with Gasteiger partial charge in [-0.15, -0.1) is 0 Å². The van der Waals surface area contributed by atoms with E-state index in [1.165, 1.54) is 25.2 Å². The maximum absolute atomic E-state index is 12.5. The number of fused-ring (bicyclic) bond motifs is 1. The number of nitrogens with zero attached hydrogens (tertiary/aromatic N) is 4. The van der Waals surface area contributed by atoms with E-state index in [1.54, 1.807) is 0 Å².